The summed E-state index contributed by atoms with van der Waals surface area (Å²) in [4.78, 5) is 30.0. The first-order chi connectivity index (χ1) is 15.9. The summed E-state index contributed by atoms with van der Waals surface area (Å²) < 4.78 is 16.1. The molecular weight excluding hydrogens is 417 g/mol. The highest BCUT2D eigenvalue weighted by atomic mass is 19.1. The molecular formula is C27H30FN3O2. The number of hydrogen-bond donors (Lipinski definition) is 0. The van der Waals surface area contributed by atoms with Crippen molar-refractivity contribution >= 4 is 11.8 Å². The molecule has 4 rings (SSSR count). The number of hydrogen-bond acceptors (Lipinski definition) is 2. The van der Waals surface area contributed by atoms with Crippen molar-refractivity contribution in [1.82, 2.24) is 14.4 Å². The maximum Gasteiger partial charge on any atom is 0.243 e. The molecule has 2 aromatic carbocycles. The summed E-state index contributed by atoms with van der Waals surface area (Å²) in [5.41, 5.74) is 2.78. The maximum atomic E-state index is 14.0. The Bertz CT molecular complexity index is 1110. The monoisotopic (exact) mass is 447 g/mol. The Hall–Kier alpha value is -3.41. The molecule has 0 N–H and O–H groups in total. The number of nitrogens with zero attached hydrogens (tertiary/aromatic N) is 3. The van der Waals surface area contributed by atoms with E-state index in [2.05, 4.69) is 4.57 Å². The Morgan fingerprint density at radius 2 is 1.82 bits per heavy atom. The predicted molar refractivity (Wildman–Crippen MR) is 126 cm³/mol. The van der Waals surface area contributed by atoms with E-state index in [1.54, 1.807) is 15.9 Å². The molecule has 6 heteroatoms. The van der Waals surface area contributed by atoms with E-state index in [4.69, 9.17) is 0 Å². The Kier molecular flexibility index (Phi) is 6.92. The number of amides is 2. The van der Waals surface area contributed by atoms with Gasteiger partial charge in [0.05, 0.1) is 6.04 Å². The SMILES string of the molecule is CC(C)N(CC(=O)N1CCn2cccc2C1c1cccc(F)c1)C(=O)CCc1ccccc1. The van der Waals surface area contributed by atoms with E-state index in [1.165, 1.54) is 12.1 Å². The molecule has 1 aliphatic rings. The summed E-state index contributed by atoms with van der Waals surface area (Å²) in [7, 11) is 0. The predicted octanol–water partition coefficient (Wildman–Crippen LogP) is 4.43. The molecule has 0 aliphatic carbocycles. The molecule has 0 saturated carbocycles. The summed E-state index contributed by atoms with van der Waals surface area (Å²) in [5, 5.41) is 0. The lowest BCUT2D eigenvalue weighted by molar-refractivity contribution is -0.143. The number of rotatable bonds is 7. The summed E-state index contributed by atoms with van der Waals surface area (Å²) >= 11 is 0. The minimum absolute atomic E-state index is 0.0117. The van der Waals surface area contributed by atoms with Gasteiger partial charge in [-0.3, -0.25) is 9.59 Å². The van der Waals surface area contributed by atoms with E-state index in [1.807, 2.05) is 68.6 Å². The largest absolute Gasteiger partial charge is 0.348 e. The molecule has 2 amide bonds. The van der Waals surface area contributed by atoms with Gasteiger partial charge in [0.25, 0.3) is 0 Å². The van der Waals surface area contributed by atoms with Crippen LogP contribution in [0.4, 0.5) is 4.39 Å². The van der Waals surface area contributed by atoms with Gasteiger partial charge < -0.3 is 14.4 Å². The average Bonchev–Trinajstić information content (AvgIpc) is 3.29. The number of halogens is 1. The fraction of sp³-hybridized carbons (Fsp3) is 0.333. The molecule has 1 atom stereocenters. The number of aromatic nitrogens is 1. The van der Waals surface area contributed by atoms with Crippen LogP contribution in [0, 0.1) is 5.82 Å². The van der Waals surface area contributed by atoms with Crippen molar-refractivity contribution in [1.29, 1.82) is 0 Å². The zero-order valence-electron chi connectivity index (χ0n) is 19.2. The van der Waals surface area contributed by atoms with Crippen LogP contribution < -0.4 is 0 Å². The fourth-order valence-electron chi connectivity index (χ4n) is 4.51. The first-order valence-corrected chi connectivity index (χ1v) is 11.5. The minimum atomic E-state index is -0.384. The zero-order chi connectivity index (χ0) is 23.4. The molecule has 1 aliphatic heterocycles. The van der Waals surface area contributed by atoms with Crippen molar-refractivity contribution in [3.05, 3.63) is 95.6 Å². The Labute approximate surface area is 194 Å². The van der Waals surface area contributed by atoms with E-state index >= 15 is 0 Å². The smallest absolute Gasteiger partial charge is 0.243 e. The van der Waals surface area contributed by atoms with Crippen LogP contribution in [-0.2, 0) is 22.6 Å². The van der Waals surface area contributed by atoms with Crippen molar-refractivity contribution in [3.63, 3.8) is 0 Å². The second kappa shape index (κ2) is 10.0. The van der Waals surface area contributed by atoms with E-state index in [9.17, 15) is 14.0 Å². The van der Waals surface area contributed by atoms with Crippen LogP contribution >= 0.6 is 0 Å². The van der Waals surface area contributed by atoms with E-state index < -0.39 is 0 Å². The van der Waals surface area contributed by atoms with Gasteiger partial charge in [0.2, 0.25) is 11.8 Å². The van der Waals surface area contributed by atoms with Gasteiger partial charge in [-0.05, 0) is 55.7 Å². The molecule has 0 bridgehead atoms. The normalized spacial score (nSPS) is 15.4. The standard InChI is InChI=1S/C27H30FN3O2/c1-20(2)31(25(32)14-13-21-8-4-3-5-9-21)19-26(33)30-17-16-29-15-7-12-24(29)27(30)22-10-6-11-23(28)18-22/h3-12,15,18,20,27H,13-14,16-17,19H2,1-2H3. The van der Waals surface area contributed by atoms with Crippen molar-refractivity contribution in [2.45, 2.75) is 45.3 Å². The molecule has 1 unspecified atom stereocenters. The van der Waals surface area contributed by atoms with Gasteiger partial charge in [0, 0.05) is 37.4 Å². The average molecular weight is 448 g/mol. The minimum Gasteiger partial charge on any atom is -0.348 e. The van der Waals surface area contributed by atoms with Gasteiger partial charge in [0.15, 0.2) is 0 Å². The third-order valence-corrected chi connectivity index (χ3v) is 6.24. The highest BCUT2D eigenvalue weighted by Gasteiger charge is 2.34. The van der Waals surface area contributed by atoms with Crippen LogP contribution in [0.1, 0.15) is 43.1 Å². The van der Waals surface area contributed by atoms with Gasteiger partial charge in [-0.1, -0.05) is 42.5 Å². The topological polar surface area (TPSA) is 45.6 Å². The maximum absolute atomic E-state index is 14.0. The van der Waals surface area contributed by atoms with Crippen LogP contribution in [-0.4, -0.2) is 45.3 Å². The van der Waals surface area contributed by atoms with Gasteiger partial charge in [0.1, 0.15) is 12.4 Å². The Morgan fingerprint density at radius 3 is 2.55 bits per heavy atom. The molecule has 0 radical (unpaired) electrons. The summed E-state index contributed by atoms with van der Waals surface area (Å²) in [6, 6.07) is 19.7. The third-order valence-electron chi connectivity index (χ3n) is 6.24. The van der Waals surface area contributed by atoms with Crippen LogP contribution in [0.3, 0.4) is 0 Å². The number of carbonyl (C=O) groups excluding carboxylic acids is 2. The first-order valence-electron chi connectivity index (χ1n) is 11.5. The Morgan fingerprint density at radius 1 is 1.03 bits per heavy atom. The molecule has 1 aromatic heterocycles. The number of fused-ring (bicyclic) bond motifs is 1. The van der Waals surface area contributed by atoms with Gasteiger partial charge in [-0.25, -0.2) is 4.39 Å². The highest BCUT2D eigenvalue weighted by molar-refractivity contribution is 5.85. The molecule has 0 fully saturated rings. The number of aryl methyl sites for hydroxylation is 1. The van der Waals surface area contributed by atoms with Crippen LogP contribution in [0.5, 0.6) is 0 Å². The van der Waals surface area contributed by atoms with Gasteiger partial charge in [-0.2, -0.15) is 0 Å². The number of carbonyl (C=O) groups is 2. The summed E-state index contributed by atoms with van der Waals surface area (Å²) in [6.45, 7) is 5.05. The van der Waals surface area contributed by atoms with Crippen LogP contribution in [0.15, 0.2) is 72.9 Å². The quantitative estimate of drug-likeness (QED) is 0.538. The van der Waals surface area contributed by atoms with Crippen LogP contribution in [0.25, 0.3) is 0 Å². The lowest BCUT2D eigenvalue weighted by Gasteiger charge is -2.39. The molecule has 3 aromatic rings. The van der Waals surface area contributed by atoms with Crippen molar-refractivity contribution < 1.29 is 14.0 Å². The summed E-state index contributed by atoms with van der Waals surface area (Å²) in [6.07, 6.45) is 2.98. The van der Waals surface area contributed by atoms with E-state index in [-0.39, 0.29) is 36.3 Å². The molecule has 0 spiro atoms. The third kappa shape index (κ3) is 5.16. The van der Waals surface area contributed by atoms with Gasteiger partial charge >= 0.3 is 0 Å². The van der Waals surface area contributed by atoms with Gasteiger partial charge in [-0.15, -0.1) is 0 Å². The zero-order valence-corrected chi connectivity index (χ0v) is 19.2. The lowest BCUT2D eigenvalue weighted by Crippen LogP contribution is -2.49. The Balaban J connectivity index is 1.52. The molecule has 5 nitrogen and oxygen atoms in total. The number of benzene rings is 2. The first kappa shape index (κ1) is 22.8. The van der Waals surface area contributed by atoms with E-state index in [0.29, 0.717) is 25.9 Å². The molecule has 0 saturated heterocycles. The van der Waals surface area contributed by atoms with Crippen molar-refractivity contribution in [2.75, 3.05) is 13.1 Å². The van der Waals surface area contributed by atoms with Crippen molar-refractivity contribution in [3.8, 4) is 0 Å². The summed E-state index contributed by atoms with van der Waals surface area (Å²) in [5.74, 6) is -0.494. The van der Waals surface area contributed by atoms with Crippen molar-refractivity contribution in [2.24, 2.45) is 0 Å². The second-order valence-electron chi connectivity index (χ2n) is 8.77. The lowest BCUT2D eigenvalue weighted by atomic mass is 9.99. The van der Waals surface area contributed by atoms with E-state index in [0.717, 1.165) is 16.8 Å². The fourth-order valence-corrected chi connectivity index (χ4v) is 4.51. The molecule has 2 heterocycles. The second-order valence-corrected chi connectivity index (χ2v) is 8.77. The van der Waals surface area contributed by atoms with Crippen LogP contribution in [0.2, 0.25) is 0 Å². The molecule has 172 valence electrons. The molecule has 33 heavy (non-hydrogen) atoms. The highest BCUT2D eigenvalue weighted by Crippen LogP contribution is 2.33.